The van der Waals surface area contributed by atoms with Crippen LogP contribution in [0.1, 0.15) is 23.2 Å². The monoisotopic (exact) mass is 399 g/mol. The second-order valence-electron chi connectivity index (χ2n) is 7.45. The van der Waals surface area contributed by atoms with Gasteiger partial charge in [0, 0.05) is 48.5 Å². The lowest BCUT2D eigenvalue weighted by Crippen LogP contribution is -2.42. The number of aromatic nitrogens is 1. The van der Waals surface area contributed by atoms with Crippen LogP contribution in [0.4, 0.5) is 5.69 Å². The molecule has 0 saturated carbocycles. The Kier molecular flexibility index (Phi) is 5.33. The van der Waals surface area contributed by atoms with E-state index < -0.39 is 0 Å². The number of benzene rings is 1. The van der Waals surface area contributed by atoms with Crippen LogP contribution in [0.25, 0.3) is 0 Å². The lowest BCUT2D eigenvalue weighted by Gasteiger charge is -2.37. The van der Waals surface area contributed by atoms with E-state index in [1.807, 2.05) is 6.07 Å². The minimum atomic E-state index is -0.284. The SMILES string of the molecule is O=C(Nc1cccnc1)[C@H]1CN(C(=O)c2ccc(Cl)cc2)CC12CCOCC2. The van der Waals surface area contributed by atoms with Gasteiger partial charge in [0.2, 0.25) is 5.91 Å². The first-order valence-electron chi connectivity index (χ1n) is 9.41. The predicted molar refractivity (Wildman–Crippen MR) is 106 cm³/mol. The third-order valence-corrected chi connectivity index (χ3v) is 6.01. The lowest BCUT2D eigenvalue weighted by atomic mass is 9.71. The standard InChI is InChI=1S/C21H22ClN3O3/c22-16-5-3-15(4-6-16)20(27)25-13-18(21(14-25)7-10-28-11-8-21)19(26)24-17-2-1-9-23-12-17/h1-6,9,12,18H,7-8,10-11,13-14H2,(H,24,26)/t18-/m1/s1. The molecule has 2 amide bonds. The Morgan fingerprint density at radius 3 is 2.61 bits per heavy atom. The molecule has 0 radical (unpaired) electrons. The van der Waals surface area contributed by atoms with Gasteiger partial charge in [-0.15, -0.1) is 0 Å². The average Bonchev–Trinajstić information content (AvgIpc) is 3.08. The van der Waals surface area contributed by atoms with Crippen LogP contribution in [-0.4, -0.2) is 48.0 Å². The van der Waals surface area contributed by atoms with Gasteiger partial charge in [0.1, 0.15) is 0 Å². The van der Waals surface area contributed by atoms with Gasteiger partial charge in [-0.25, -0.2) is 0 Å². The lowest BCUT2D eigenvalue weighted by molar-refractivity contribution is -0.124. The maximum atomic E-state index is 13.1. The van der Waals surface area contributed by atoms with E-state index in [1.165, 1.54) is 0 Å². The Bertz CT molecular complexity index is 851. The topological polar surface area (TPSA) is 71.5 Å². The smallest absolute Gasteiger partial charge is 0.253 e. The van der Waals surface area contributed by atoms with Crippen molar-refractivity contribution in [1.29, 1.82) is 0 Å². The van der Waals surface area contributed by atoms with Gasteiger partial charge in [-0.2, -0.15) is 0 Å². The summed E-state index contributed by atoms with van der Waals surface area (Å²) in [6.45, 7) is 2.18. The number of ether oxygens (including phenoxy) is 1. The summed E-state index contributed by atoms with van der Waals surface area (Å²) in [5.74, 6) is -0.423. The summed E-state index contributed by atoms with van der Waals surface area (Å²) in [7, 11) is 0. The van der Waals surface area contributed by atoms with E-state index in [0.29, 0.717) is 42.6 Å². The largest absolute Gasteiger partial charge is 0.381 e. The molecule has 2 aliphatic rings. The van der Waals surface area contributed by atoms with Gasteiger partial charge in [-0.3, -0.25) is 14.6 Å². The van der Waals surface area contributed by atoms with Crippen molar-refractivity contribution in [2.24, 2.45) is 11.3 Å². The molecule has 1 atom stereocenters. The van der Waals surface area contributed by atoms with E-state index >= 15 is 0 Å². The summed E-state index contributed by atoms with van der Waals surface area (Å²) in [6.07, 6.45) is 4.82. The van der Waals surface area contributed by atoms with Crippen LogP contribution in [0.3, 0.4) is 0 Å². The van der Waals surface area contributed by atoms with Gasteiger partial charge in [0.15, 0.2) is 0 Å². The van der Waals surface area contributed by atoms with Gasteiger partial charge in [-0.1, -0.05) is 11.6 Å². The van der Waals surface area contributed by atoms with Gasteiger partial charge in [0.25, 0.3) is 5.91 Å². The number of halogens is 1. The van der Waals surface area contributed by atoms with Crippen molar-refractivity contribution < 1.29 is 14.3 Å². The van der Waals surface area contributed by atoms with Gasteiger partial charge in [-0.05, 0) is 49.2 Å². The van der Waals surface area contributed by atoms with Crippen molar-refractivity contribution in [3.63, 3.8) is 0 Å². The van der Waals surface area contributed by atoms with Crippen molar-refractivity contribution >= 4 is 29.1 Å². The molecule has 2 aliphatic heterocycles. The van der Waals surface area contributed by atoms with Crippen LogP contribution in [0.15, 0.2) is 48.8 Å². The van der Waals surface area contributed by atoms with Crippen LogP contribution >= 0.6 is 11.6 Å². The number of hydrogen-bond acceptors (Lipinski definition) is 4. The molecule has 1 aromatic carbocycles. The number of carbonyl (C=O) groups excluding carboxylic acids is 2. The molecule has 1 aromatic heterocycles. The summed E-state index contributed by atoms with van der Waals surface area (Å²) in [5, 5.41) is 3.55. The fraction of sp³-hybridized carbons (Fsp3) is 0.381. The summed E-state index contributed by atoms with van der Waals surface area (Å²) in [4.78, 5) is 32.0. The van der Waals surface area contributed by atoms with Crippen molar-refractivity contribution in [2.75, 3.05) is 31.6 Å². The van der Waals surface area contributed by atoms with Crippen molar-refractivity contribution in [2.45, 2.75) is 12.8 Å². The Morgan fingerprint density at radius 1 is 1.18 bits per heavy atom. The highest BCUT2D eigenvalue weighted by atomic mass is 35.5. The number of carbonyl (C=O) groups is 2. The van der Waals surface area contributed by atoms with Crippen molar-refractivity contribution in [1.82, 2.24) is 9.88 Å². The van der Waals surface area contributed by atoms with Gasteiger partial charge < -0.3 is 15.0 Å². The molecule has 2 saturated heterocycles. The second-order valence-corrected chi connectivity index (χ2v) is 7.89. The number of hydrogen-bond donors (Lipinski definition) is 1. The van der Waals surface area contributed by atoms with E-state index in [9.17, 15) is 9.59 Å². The first-order chi connectivity index (χ1) is 13.6. The summed E-state index contributed by atoms with van der Waals surface area (Å²) < 4.78 is 5.54. The first-order valence-corrected chi connectivity index (χ1v) is 9.79. The van der Waals surface area contributed by atoms with E-state index in [-0.39, 0.29) is 23.1 Å². The number of nitrogens with zero attached hydrogens (tertiary/aromatic N) is 2. The molecule has 2 fully saturated rings. The normalized spacial score (nSPS) is 20.9. The van der Waals surface area contributed by atoms with E-state index in [1.54, 1.807) is 47.6 Å². The number of nitrogens with one attached hydrogen (secondary N) is 1. The molecule has 1 N–H and O–H groups in total. The zero-order chi connectivity index (χ0) is 19.6. The highest BCUT2D eigenvalue weighted by molar-refractivity contribution is 6.30. The molecule has 1 spiro atoms. The molecule has 0 aliphatic carbocycles. The molecule has 2 aromatic rings. The van der Waals surface area contributed by atoms with E-state index in [0.717, 1.165) is 12.8 Å². The summed E-state index contributed by atoms with van der Waals surface area (Å²) in [6, 6.07) is 10.5. The Labute approximate surface area is 168 Å². The molecular formula is C21H22ClN3O3. The first kappa shape index (κ1) is 18.9. The van der Waals surface area contributed by atoms with E-state index in [4.69, 9.17) is 16.3 Å². The minimum absolute atomic E-state index is 0.0682. The van der Waals surface area contributed by atoms with Crippen LogP contribution in [0.5, 0.6) is 0 Å². The number of likely N-dealkylation sites (tertiary alicyclic amines) is 1. The molecular weight excluding hydrogens is 378 g/mol. The second kappa shape index (κ2) is 7.89. The molecule has 0 bridgehead atoms. The average molecular weight is 400 g/mol. The molecule has 4 rings (SSSR count). The third kappa shape index (κ3) is 3.75. The Balaban J connectivity index is 1.56. The molecule has 146 valence electrons. The predicted octanol–water partition coefficient (Wildman–Crippen LogP) is 3.24. The number of amides is 2. The Morgan fingerprint density at radius 2 is 1.93 bits per heavy atom. The fourth-order valence-corrected chi connectivity index (χ4v) is 4.34. The van der Waals surface area contributed by atoms with Crippen molar-refractivity contribution in [3.8, 4) is 0 Å². The third-order valence-electron chi connectivity index (χ3n) is 5.76. The highest BCUT2D eigenvalue weighted by Gasteiger charge is 2.51. The molecule has 0 unspecified atom stereocenters. The van der Waals surface area contributed by atoms with Crippen molar-refractivity contribution in [3.05, 3.63) is 59.4 Å². The zero-order valence-electron chi connectivity index (χ0n) is 15.4. The summed E-state index contributed by atoms with van der Waals surface area (Å²) >= 11 is 5.94. The number of anilines is 1. The van der Waals surface area contributed by atoms with E-state index in [2.05, 4.69) is 10.3 Å². The van der Waals surface area contributed by atoms with Gasteiger partial charge in [0.05, 0.1) is 17.8 Å². The molecule has 7 heteroatoms. The molecule has 3 heterocycles. The maximum Gasteiger partial charge on any atom is 0.253 e. The van der Waals surface area contributed by atoms with Crippen LogP contribution < -0.4 is 5.32 Å². The van der Waals surface area contributed by atoms with Gasteiger partial charge >= 0.3 is 0 Å². The van der Waals surface area contributed by atoms with Crippen LogP contribution in [0, 0.1) is 11.3 Å². The molecule has 6 nitrogen and oxygen atoms in total. The minimum Gasteiger partial charge on any atom is -0.381 e. The summed E-state index contributed by atoms with van der Waals surface area (Å²) in [5.41, 5.74) is 0.990. The van der Waals surface area contributed by atoms with Crippen LogP contribution in [0.2, 0.25) is 5.02 Å². The van der Waals surface area contributed by atoms with Crippen LogP contribution in [-0.2, 0) is 9.53 Å². The quantitative estimate of drug-likeness (QED) is 0.860. The maximum absolute atomic E-state index is 13.1. The molecule has 28 heavy (non-hydrogen) atoms. The number of pyridine rings is 1. The highest BCUT2D eigenvalue weighted by Crippen LogP contribution is 2.45. The number of rotatable bonds is 3. The Hall–Kier alpha value is -2.44. The zero-order valence-corrected chi connectivity index (χ0v) is 16.2. The fourth-order valence-electron chi connectivity index (χ4n) is 4.21.